The molecule has 4 rings (SSSR count). The molecule has 0 radical (unpaired) electrons. The van der Waals surface area contributed by atoms with Crippen molar-refractivity contribution in [3.8, 4) is 0 Å². The van der Waals surface area contributed by atoms with Crippen molar-refractivity contribution >= 4 is 29.1 Å². The number of aromatic nitrogens is 3. The zero-order valence-electron chi connectivity index (χ0n) is 20.7. The van der Waals surface area contributed by atoms with Crippen LogP contribution in [0.4, 0.5) is 19.0 Å². The quantitative estimate of drug-likeness (QED) is 0.451. The molecule has 38 heavy (non-hydrogen) atoms. The summed E-state index contributed by atoms with van der Waals surface area (Å²) in [4.78, 5) is 44.6. The van der Waals surface area contributed by atoms with Crippen LogP contribution in [0.1, 0.15) is 48.4 Å². The number of rotatable bonds is 5. The minimum atomic E-state index is -4.87. The van der Waals surface area contributed by atoms with Gasteiger partial charge in [-0.15, -0.1) is 0 Å². The number of hydrogen-bond acceptors (Lipinski definition) is 7. The highest BCUT2D eigenvalue weighted by Crippen LogP contribution is 2.38. The number of carbonyl (C=O) groups is 3. The molecule has 1 aliphatic rings. The number of nitrogens with two attached hydrogens (primary N) is 1. The van der Waals surface area contributed by atoms with E-state index in [1.54, 1.807) is 18.2 Å². The summed E-state index contributed by atoms with van der Waals surface area (Å²) in [5.74, 6) is -2.19. The highest BCUT2D eigenvalue weighted by molar-refractivity contribution is 5.95. The number of aliphatic hydroxyl groups is 1. The Balaban J connectivity index is 1.84. The van der Waals surface area contributed by atoms with Gasteiger partial charge >= 0.3 is 6.18 Å². The number of benzene rings is 1. The molecular formula is C24H26F3N7O4. The molecule has 0 spiro atoms. The van der Waals surface area contributed by atoms with Crippen LogP contribution in [0, 0.1) is 0 Å². The number of piperazine rings is 1. The maximum Gasteiger partial charge on any atom is 0.418 e. The zero-order valence-corrected chi connectivity index (χ0v) is 20.7. The highest BCUT2D eigenvalue weighted by Gasteiger charge is 2.47. The van der Waals surface area contributed by atoms with Gasteiger partial charge < -0.3 is 26.0 Å². The topological polar surface area (TPSA) is 146 Å². The van der Waals surface area contributed by atoms with Crippen LogP contribution in [0.2, 0.25) is 0 Å². The normalized spacial score (nSPS) is 17.4. The van der Waals surface area contributed by atoms with E-state index in [1.165, 1.54) is 37.8 Å². The van der Waals surface area contributed by atoms with Crippen molar-refractivity contribution in [1.82, 2.24) is 29.7 Å². The van der Waals surface area contributed by atoms with Crippen molar-refractivity contribution in [3.05, 3.63) is 59.5 Å². The van der Waals surface area contributed by atoms with Gasteiger partial charge in [0.05, 0.1) is 11.3 Å². The zero-order chi connectivity index (χ0) is 28.0. The number of nitrogen functional groups attached to an aromatic ring is 1. The molecule has 0 bridgehead atoms. The molecule has 202 valence electrons. The highest BCUT2D eigenvalue weighted by atomic mass is 19.4. The van der Waals surface area contributed by atoms with Gasteiger partial charge in [0.25, 0.3) is 5.91 Å². The first-order valence-corrected chi connectivity index (χ1v) is 11.6. The summed E-state index contributed by atoms with van der Waals surface area (Å²) in [5.41, 5.74) is 2.55. The molecule has 14 heteroatoms. The number of fused-ring (bicyclic) bond motifs is 1. The van der Waals surface area contributed by atoms with Crippen LogP contribution < -0.4 is 11.1 Å². The second kappa shape index (κ2) is 9.59. The average Bonchev–Trinajstić information content (AvgIpc) is 3.25. The van der Waals surface area contributed by atoms with Gasteiger partial charge in [0.15, 0.2) is 12.0 Å². The molecule has 3 amide bonds. The lowest BCUT2D eigenvalue weighted by molar-refractivity contribution is -0.169. The molecule has 1 fully saturated rings. The minimum Gasteiger partial charge on any atom is -0.382 e. The van der Waals surface area contributed by atoms with Crippen LogP contribution in [-0.4, -0.2) is 72.1 Å². The summed E-state index contributed by atoms with van der Waals surface area (Å²) in [6.45, 7) is 4.22. The molecule has 2 aromatic heterocycles. The second-order valence-electron chi connectivity index (χ2n) is 9.35. The summed E-state index contributed by atoms with van der Waals surface area (Å²) >= 11 is 0. The van der Waals surface area contributed by atoms with Gasteiger partial charge in [0.2, 0.25) is 11.8 Å². The number of alkyl halides is 3. The number of amides is 3. The molecule has 1 saturated heterocycles. The standard InChI is InChI=1S/C24H26F3N7O4/c1-13(35)33-10-9-32(22(38)23(33,2)3)21(37)17(31-20(36)14-7-5-4-6-8-14)16-11-15(24(25,26)27)18-19(28)29-12-30-34(16)18/h4-8,11-12,17,21,37H,9-10H2,1-3H3,(H,31,36)(H2,28,29,30). The Bertz CT molecular complexity index is 1390. The molecule has 1 aromatic carbocycles. The van der Waals surface area contributed by atoms with E-state index in [0.717, 1.165) is 15.7 Å². The number of aliphatic hydroxyl groups excluding tert-OH is 1. The molecule has 0 aliphatic carbocycles. The fourth-order valence-electron chi connectivity index (χ4n) is 4.68. The van der Waals surface area contributed by atoms with Gasteiger partial charge in [-0.2, -0.15) is 18.3 Å². The number of nitrogens with one attached hydrogen (secondary N) is 1. The maximum atomic E-state index is 14.0. The van der Waals surface area contributed by atoms with Crippen molar-refractivity contribution in [1.29, 1.82) is 0 Å². The summed E-state index contributed by atoms with van der Waals surface area (Å²) in [6.07, 6.45) is -5.76. The third-order valence-electron chi connectivity index (χ3n) is 6.58. The Morgan fingerprint density at radius 3 is 2.45 bits per heavy atom. The van der Waals surface area contributed by atoms with Crippen molar-refractivity contribution < 1.29 is 32.7 Å². The molecule has 4 N–H and O–H groups in total. The summed E-state index contributed by atoms with van der Waals surface area (Å²) in [7, 11) is 0. The monoisotopic (exact) mass is 533 g/mol. The second-order valence-corrected chi connectivity index (χ2v) is 9.35. The molecule has 2 unspecified atom stereocenters. The fraction of sp³-hybridized carbons (Fsp3) is 0.375. The van der Waals surface area contributed by atoms with Gasteiger partial charge in [0.1, 0.15) is 23.4 Å². The molecule has 1 aliphatic heterocycles. The van der Waals surface area contributed by atoms with Gasteiger partial charge in [0, 0.05) is 25.6 Å². The van der Waals surface area contributed by atoms with Crippen molar-refractivity contribution in [2.24, 2.45) is 0 Å². The first-order chi connectivity index (χ1) is 17.7. The van der Waals surface area contributed by atoms with E-state index < -0.39 is 52.7 Å². The Morgan fingerprint density at radius 1 is 1.18 bits per heavy atom. The van der Waals surface area contributed by atoms with Crippen LogP contribution in [0.3, 0.4) is 0 Å². The number of anilines is 1. The van der Waals surface area contributed by atoms with Crippen LogP contribution in [0.15, 0.2) is 42.7 Å². The van der Waals surface area contributed by atoms with Crippen molar-refractivity contribution in [2.75, 3.05) is 18.8 Å². The Labute approximate surface area is 215 Å². The third kappa shape index (κ3) is 4.62. The fourth-order valence-corrected chi connectivity index (χ4v) is 4.68. The smallest absolute Gasteiger partial charge is 0.382 e. The van der Waals surface area contributed by atoms with E-state index in [4.69, 9.17) is 5.73 Å². The molecule has 0 saturated carbocycles. The van der Waals surface area contributed by atoms with E-state index in [-0.39, 0.29) is 30.3 Å². The number of halogens is 3. The van der Waals surface area contributed by atoms with Crippen LogP contribution in [0.5, 0.6) is 0 Å². The van der Waals surface area contributed by atoms with E-state index in [9.17, 15) is 32.7 Å². The molecule has 3 aromatic rings. The summed E-state index contributed by atoms with van der Waals surface area (Å²) < 4.78 is 42.7. The first kappa shape index (κ1) is 26.9. The molecule has 3 heterocycles. The lowest BCUT2D eigenvalue weighted by atomic mass is 9.96. The Kier molecular flexibility index (Phi) is 6.78. The number of carbonyl (C=O) groups excluding carboxylic acids is 3. The molecular weight excluding hydrogens is 507 g/mol. The predicted molar refractivity (Wildman–Crippen MR) is 128 cm³/mol. The molecule has 11 nitrogen and oxygen atoms in total. The Morgan fingerprint density at radius 2 is 1.84 bits per heavy atom. The van der Waals surface area contributed by atoms with Gasteiger partial charge in [-0.1, -0.05) is 18.2 Å². The maximum absolute atomic E-state index is 14.0. The van der Waals surface area contributed by atoms with Crippen LogP contribution in [-0.2, 0) is 15.8 Å². The largest absolute Gasteiger partial charge is 0.418 e. The van der Waals surface area contributed by atoms with Crippen LogP contribution in [0.25, 0.3) is 5.52 Å². The number of nitrogens with zero attached hydrogens (tertiary/aromatic N) is 5. The summed E-state index contributed by atoms with van der Waals surface area (Å²) in [5, 5.41) is 17.9. The molecule has 2 atom stereocenters. The Hall–Kier alpha value is -4.20. The summed E-state index contributed by atoms with van der Waals surface area (Å²) in [6, 6.07) is 6.96. The lowest BCUT2D eigenvalue weighted by Crippen LogP contribution is -2.67. The van der Waals surface area contributed by atoms with E-state index in [0.29, 0.717) is 6.07 Å². The van der Waals surface area contributed by atoms with Gasteiger partial charge in [-0.3, -0.25) is 14.4 Å². The van der Waals surface area contributed by atoms with Crippen molar-refractivity contribution in [3.63, 3.8) is 0 Å². The lowest BCUT2D eigenvalue weighted by Gasteiger charge is -2.47. The van der Waals surface area contributed by atoms with Crippen molar-refractivity contribution in [2.45, 2.75) is 44.8 Å². The van der Waals surface area contributed by atoms with E-state index in [2.05, 4.69) is 15.4 Å². The minimum absolute atomic E-state index is 0.0578. The predicted octanol–water partition coefficient (Wildman–Crippen LogP) is 1.59. The first-order valence-electron chi connectivity index (χ1n) is 11.6. The van der Waals surface area contributed by atoms with Crippen LogP contribution >= 0.6 is 0 Å². The SMILES string of the molecule is CC(=O)N1CCN(C(O)C(NC(=O)c2ccccc2)c2cc(C(F)(F)F)c3c(N)ncnn23)C(=O)C1(C)C. The van der Waals surface area contributed by atoms with Gasteiger partial charge in [-0.05, 0) is 32.0 Å². The number of hydrogen-bond donors (Lipinski definition) is 3. The average molecular weight is 534 g/mol. The van der Waals surface area contributed by atoms with E-state index >= 15 is 0 Å². The third-order valence-corrected chi connectivity index (χ3v) is 6.58. The van der Waals surface area contributed by atoms with Gasteiger partial charge in [-0.25, -0.2) is 9.50 Å². The van der Waals surface area contributed by atoms with E-state index in [1.807, 2.05) is 0 Å².